The third-order valence-corrected chi connectivity index (χ3v) is 3.68. The number of pyridine rings is 1. The number of benzene rings is 1. The highest BCUT2D eigenvalue weighted by Gasteiger charge is 2.15. The van der Waals surface area contributed by atoms with Crippen molar-refractivity contribution >= 4 is 11.7 Å². The second-order valence-corrected chi connectivity index (χ2v) is 6.27. The van der Waals surface area contributed by atoms with Crippen LogP contribution < -0.4 is 5.32 Å². The first kappa shape index (κ1) is 16.2. The minimum absolute atomic E-state index is 0.0343. The molecule has 0 saturated carbocycles. The molecule has 1 atom stereocenters. The molecule has 2 rings (SSSR count). The molecule has 0 unspecified atom stereocenters. The van der Waals surface area contributed by atoms with Gasteiger partial charge in [0.25, 0.3) is 0 Å². The maximum Gasteiger partial charge on any atom is 0.232 e. The number of aromatic nitrogens is 1. The summed E-state index contributed by atoms with van der Waals surface area (Å²) in [5.41, 5.74) is 3.41. The van der Waals surface area contributed by atoms with Crippen LogP contribution in [0.5, 0.6) is 0 Å². The fourth-order valence-corrected chi connectivity index (χ4v) is 2.34. The standard InChI is InChI=1S/C19H24N2O/c1-13(2)11-16-6-8-17(9-7-16)15(4)19(22)21-18-10-5-14(3)12-20-18/h5-10,12-13,15H,11H2,1-4H3,(H,20,21,22)/t15-/m0/s1. The van der Waals surface area contributed by atoms with Crippen molar-refractivity contribution in [2.24, 2.45) is 5.92 Å². The molecular weight excluding hydrogens is 272 g/mol. The van der Waals surface area contributed by atoms with Crippen molar-refractivity contribution in [3.8, 4) is 0 Å². The van der Waals surface area contributed by atoms with Crippen LogP contribution in [0.4, 0.5) is 5.82 Å². The zero-order valence-corrected chi connectivity index (χ0v) is 13.8. The first-order valence-corrected chi connectivity index (χ1v) is 7.78. The van der Waals surface area contributed by atoms with Gasteiger partial charge < -0.3 is 5.32 Å². The van der Waals surface area contributed by atoms with Crippen molar-refractivity contribution in [2.45, 2.75) is 40.0 Å². The van der Waals surface area contributed by atoms with Gasteiger partial charge in [-0.25, -0.2) is 4.98 Å². The quantitative estimate of drug-likeness (QED) is 0.892. The Morgan fingerprint density at radius 3 is 2.32 bits per heavy atom. The maximum atomic E-state index is 12.3. The highest BCUT2D eigenvalue weighted by Crippen LogP contribution is 2.19. The van der Waals surface area contributed by atoms with Crippen LogP contribution in [0.15, 0.2) is 42.6 Å². The molecule has 3 heteroatoms. The summed E-state index contributed by atoms with van der Waals surface area (Å²) >= 11 is 0. The van der Waals surface area contributed by atoms with Crippen molar-refractivity contribution in [1.82, 2.24) is 4.98 Å². The van der Waals surface area contributed by atoms with Gasteiger partial charge in [-0.2, -0.15) is 0 Å². The molecule has 0 aliphatic rings. The molecule has 0 fully saturated rings. The van der Waals surface area contributed by atoms with Gasteiger partial charge in [-0.3, -0.25) is 4.79 Å². The summed E-state index contributed by atoms with van der Waals surface area (Å²) in [7, 11) is 0. The maximum absolute atomic E-state index is 12.3. The normalized spacial score (nSPS) is 12.2. The van der Waals surface area contributed by atoms with Crippen LogP contribution in [0.1, 0.15) is 43.4 Å². The van der Waals surface area contributed by atoms with Crippen LogP contribution in [-0.4, -0.2) is 10.9 Å². The molecule has 1 amide bonds. The van der Waals surface area contributed by atoms with Crippen molar-refractivity contribution < 1.29 is 4.79 Å². The summed E-state index contributed by atoms with van der Waals surface area (Å²) in [6, 6.07) is 12.1. The molecule has 0 aliphatic carbocycles. The van der Waals surface area contributed by atoms with E-state index in [1.807, 2.05) is 38.1 Å². The molecule has 116 valence electrons. The molecule has 0 bridgehead atoms. The molecule has 3 nitrogen and oxygen atoms in total. The molecule has 0 saturated heterocycles. The number of rotatable bonds is 5. The number of amides is 1. The first-order valence-electron chi connectivity index (χ1n) is 7.78. The van der Waals surface area contributed by atoms with Gasteiger partial charge in [0.1, 0.15) is 5.82 Å². The highest BCUT2D eigenvalue weighted by molar-refractivity contribution is 5.94. The number of carbonyl (C=O) groups is 1. The van der Waals surface area contributed by atoms with Gasteiger partial charge in [0, 0.05) is 6.20 Å². The van der Waals surface area contributed by atoms with Crippen LogP contribution >= 0.6 is 0 Å². The monoisotopic (exact) mass is 296 g/mol. The van der Waals surface area contributed by atoms with E-state index in [1.165, 1.54) is 5.56 Å². The van der Waals surface area contributed by atoms with Crippen LogP contribution in [-0.2, 0) is 11.2 Å². The van der Waals surface area contributed by atoms with E-state index in [2.05, 4.69) is 36.3 Å². The molecular formula is C19H24N2O. The predicted molar refractivity (Wildman–Crippen MR) is 91.0 cm³/mol. The topological polar surface area (TPSA) is 42.0 Å². The largest absolute Gasteiger partial charge is 0.310 e. The lowest BCUT2D eigenvalue weighted by atomic mass is 9.96. The lowest BCUT2D eigenvalue weighted by molar-refractivity contribution is -0.117. The Hall–Kier alpha value is -2.16. The summed E-state index contributed by atoms with van der Waals surface area (Å²) in [6.07, 6.45) is 2.81. The van der Waals surface area contributed by atoms with E-state index in [4.69, 9.17) is 0 Å². The number of aryl methyl sites for hydroxylation is 1. The highest BCUT2D eigenvalue weighted by atomic mass is 16.1. The molecule has 1 heterocycles. The zero-order valence-electron chi connectivity index (χ0n) is 13.8. The van der Waals surface area contributed by atoms with Crippen molar-refractivity contribution in [1.29, 1.82) is 0 Å². The van der Waals surface area contributed by atoms with Gasteiger partial charge in [-0.1, -0.05) is 44.2 Å². The molecule has 0 radical (unpaired) electrons. The first-order chi connectivity index (χ1) is 10.5. The molecule has 22 heavy (non-hydrogen) atoms. The van der Waals surface area contributed by atoms with Gasteiger partial charge >= 0.3 is 0 Å². The van der Waals surface area contributed by atoms with Crippen molar-refractivity contribution in [3.63, 3.8) is 0 Å². The van der Waals surface area contributed by atoms with E-state index in [1.54, 1.807) is 6.20 Å². The molecule has 2 aromatic rings. The smallest absolute Gasteiger partial charge is 0.232 e. The summed E-state index contributed by atoms with van der Waals surface area (Å²) in [5.74, 6) is 1.00. The van der Waals surface area contributed by atoms with Gasteiger partial charge in [0.05, 0.1) is 5.92 Å². The van der Waals surface area contributed by atoms with Crippen molar-refractivity contribution in [2.75, 3.05) is 5.32 Å². The fourth-order valence-electron chi connectivity index (χ4n) is 2.34. The Morgan fingerprint density at radius 2 is 1.77 bits per heavy atom. The lowest BCUT2D eigenvalue weighted by Gasteiger charge is -2.13. The lowest BCUT2D eigenvalue weighted by Crippen LogP contribution is -2.19. The van der Waals surface area contributed by atoms with Crippen LogP contribution in [0, 0.1) is 12.8 Å². The van der Waals surface area contributed by atoms with Gasteiger partial charge in [-0.15, -0.1) is 0 Å². The summed E-state index contributed by atoms with van der Waals surface area (Å²) in [5, 5.41) is 2.86. The minimum Gasteiger partial charge on any atom is -0.310 e. The van der Waals surface area contributed by atoms with Gasteiger partial charge in [0.15, 0.2) is 0 Å². The van der Waals surface area contributed by atoms with Gasteiger partial charge in [0.2, 0.25) is 5.91 Å². The second kappa shape index (κ2) is 7.21. The molecule has 0 spiro atoms. The Balaban J connectivity index is 2.02. The average Bonchev–Trinajstić information content (AvgIpc) is 2.49. The number of nitrogens with one attached hydrogen (secondary N) is 1. The summed E-state index contributed by atoms with van der Waals surface area (Å²) in [4.78, 5) is 16.5. The Labute approximate surface area is 132 Å². The van der Waals surface area contributed by atoms with E-state index >= 15 is 0 Å². The minimum atomic E-state index is -0.198. The van der Waals surface area contributed by atoms with E-state index < -0.39 is 0 Å². The number of hydrogen-bond donors (Lipinski definition) is 1. The summed E-state index contributed by atoms with van der Waals surface area (Å²) < 4.78 is 0. The third kappa shape index (κ3) is 4.42. The molecule has 1 aromatic heterocycles. The van der Waals surface area contributed by atoms with E-state index in [9.17, 15) is 4.79 Å². The molecule has 1 aromatic carbocycles. The van der Waals surface area contributed by atoms with E-state index in [0.29, 0.717) is 11.7 Å². The number of carbonyl (C=O) groups excluding carboxylic acids is 1. The number of hydrogen-bond acceptors (Lipinski definition) is 2. The average molecular weight is 296 g/mol. The number of anilines is 1. The zero-order chi connectivity index (χ0) is 16.1. The predicted octanol–water partition coefficient (Wildman–Crippen LogP) is 4.33. The van der Waals surface area contributed by atoms with Gasteiger partial charge in [-0.05, 0) is 48.9 Å². The second-order valence-electron chi connectivity index (χ2n) is 6.27. The van der Waals surface area contributed by atoms with Crippen LogP contribution in [0.25, 0.3) is 0 Å². The SMILES string of the molecule is Cc1ccc(NC(=O)[C@@H](C)c2ccc(CC(C)C)cc2)nc1. The summed E-state index contributed by atoms with van der Waals surface area (Å²) in [6.45, 7) is 8.30. The van der Waals surface area contributed by atoms with E-state index in [0.717, 1.165) is 17.5 Å². The fraction of sp³-hybridized carbons (Fsp3) is 0.368. The Kier molecular flexibility index (Phi) is 5.31. The molecule has 0 aliphatic heterocycles. The third-order valence-electron chi connectivity index (χ3n) is 3.68. The van der Waals surface area contributed by atoms with Crippen molar-refractivity contribution in [3.05, 3.63) is 59.3 Å². The van der Waals surface area contributed by atoms with E-state index in [-0.39, 0.29) is 11.8 Å². The molecule has 1 N–H and O–H groups in total. The Morgan fingerprint density at radius 1 is 1.09 bits per heavy atom. The number of nitrogens with zero attached hydrogens (tertiary/aromatic N) is 1. The van der Waals surface area contributed by atoms with Crippen LogP contribution in [0.3, 0.4) is 0 Å². The van der Waals surface area contributed by atoms with Crippen LogP contribution in [0.2, 0.25) is 0 Å². The Bertz CT molecular complexity index is 615.